The van der Waals surface area contributed by atoms with E-state index >= 15 is 0 Å². The lowest BCUT2D eigenvalue weighted by Gasteiger charge is -2.20. The summed E-state index contributed by atoms with van der Waals surface area (Å²) >= 11 is 0. The highest BCUT2D eigenvalue weighted by atomic mass is 16.5. The lowest BCUT2D eigenvalue weighted by molar-refractivity contribution is 0.0774. The van der Waals surface area contributed by atoms with Gasteiger partial charge in [0.05, 0.1) is 42.2 Å². The van der Waals surface area contributed by atoms with E-state index in [1.54, 1.807) is 23.8 Å². The highest BCUT2D eigenvalue weighted by molar-refractivity contribution is 6.03. The molecule has 38 heavy (non-hydrogen) atoms. The van der Waals surface area contributed by atoms with Crippen LogP contribution in [-0.4, -0.2) is 52.9 Å². The number of methoxy groups -OCH3 is 1. The molecule has 2 aliphatic heterocycles. The molecule has 3 heterocycles. The minimum Gasteiger partial charge on any atom is -0.493 e. The number of hydrogen-bond donors (Lipinski definition) is 0. The van der Waals surface area contributed by atoms with Gasteiger partial charge < -0.3 is 14.4 Å². The number of hydrogen-bond acceptors (Lipinski definition) is 6. The standard InChI is InChI=1S/C30H28N4O4/c1-37-26-17-23-24(31-19-21-11-7-14-33(21)29(23)35)18-27(26)38-16-8-15-34-25-13-6-5-12-22(25)28(32-30(34)36)20-9-3-2-4-10-20/h2-6,9-10,12-13,17-19,21H,7-8,11,14-16H2,1H3/t21-/m0/s1. The number of aryl methyl sites for hydroxylation is 1. The van der Waals surface area contributed by atoms with Crippen LogP contribution in [0, 0.1) is 0 Å². The van der Waals surface area contributed by atoms with Crippen LogP contribution >= 0.6 is 0 Å². The third kappa shape index (κ3) is 4.32. The molecule has 0 saturated carbocycles. The first-order valence-corrected chi connectivity index (χ1v) is 12.9. The van der Waals surface area contributed by atoms with Crippen molar-refractivity contribution < 1.29 is 14.3 Å². The summed E-state index contributed by atoms with van der Waals surface area (Å²) in [7, 11) is 1.56. The molecule has 1 aromatic heterocycles. The Bertz CT molecular complexity index is 1600. The number of aliphatic imine (C=N–C) groups is 1. The Balaban J connectivity index is 1.21. The van der Waals surface area contributed by atoms with E-state index in [2.05, 4.69) is 9.98 Å². The van der Waals surface area contributed by atoms with Gasteiger partial charge in [0.2, 0.25) is 0 Å². The van der Waals surface area contributed by atoms with E-state index in [4.69, 9.17) is 9.47 Å². The normalized spacial score (nSPS) is 16.3. The summed E-state index contributed by atoms with van der Waals surface area (Å²) in [5, 5.41) is 0.926. The largest absolute Gasteiger partial charge is 0.493 e. The van der Waals surface area contributed by atoms with Gasteiger partial charge in [-0.1, -0.05) is 48.5 Å². The molecule has 8 nitrogen and oxygen atoms in total. The third-order valence-electron chi connectivity index (χ3n) is 7.18. The van der Waals surface area contributed by atoms with Crippen molar-refractivity contribution in [1.82, 2.24) is 14.5 Å². The average Bonchev–Trinajstić information content (AvgIpc) is 3.39. The molecule has 1 amide bonds. The molecule has 1 saturated heterocycles. The van der Waals surface area contributed by atoms with Crippen LogP contribution in [-0.2, 0) is 6.54 Å². The number of para-hydroxylation sites is 1. The highest BCUT2D eigenvalue weighted by Gasteiger charge is 2.32. The van der Waals surface area contributed by atoms with Crippen LogP contribution in [0.4, 0.5) is 5.69 Å². The Morgan fingerprint density at radius 3 is 2.66 bits per heavy atom. The van der Waals surface area contributed by atoms with Crippen LogP contribution in [0.3, 0.4) is 0 Å². The van der Waals surface area contributed by atoms with Gasteiger partial charge in [-0.05, 0) is 31.4 Å². The zero-order chi connectivity index (χ0) is 26.1. The van der Waals surface area contributed by atoms with Gasteiger partial charge in [0.15, 0.2) is 11.5 Å². The maximum Gasteiger partial charge on any atom is 0.348 e. The monoisotopic (exact) mass is 508 g/mol. The van der Waals surface area contributed by atoms with Gasteiger partial charge in [-0.25, -0.2) is 4.79 Å². The summed E-state index contributed by atoms with van der Waals surface area (Å²) in [4.78, 5) is 37.0. The number of rotatable bonds is 7. The smallest absolute Gasteiger partial charge is 0.348 e. The van der Waals surface area contributed by atoms with E-state index in [0.29, 0.717) is 48.0 Å². The van der Waals surface area contributed by atoms with Gasteiger partial charge in [-0.2, -0.15) is 4.98 Å². The van der Waals surface area contributed by atoms with Crippen molar-refractivity contribution in [2.45, 2.75) is 31.8 Å². The molecule has 0 aliphatic carbocycles. The fourth-order valence-corrected chi connectivity index (χ4v) is 5.29. The second kappa shape index (κ2) is 10.1. The van der Waals surface area contributed by atoms with Gasteiger partial charge in [0.25, 0.3) is 5.91 Å². The predicted octanol–water partition coefficient (Wildman–Crippen LogP) is 4.86. The number of carbonyl (C=O) groups is 1. The molecule has 1 atom stereocenters. The lowest BCUT2D eigenvalue weighted by atomic mass is 10.1. The molecule has 0 N–H and O–H groups in total. The SMILES string of the molecule is COc1cc2c(cc1OCCCn1c(=O)nc(-c3ccccc3)c3ccccc31)N=C[C@@H]1CCCN1C2=O. The van der Waals surface area contributed by atoms with Crippen molar-refractivity contribution in [3.05, 3.63) is 82.8 Å². The lowest BCUT2D eigenvalue weighted by Crippen LogP contribution is -2.35. The summed E-state index contributed by atoms with van der Waals surface area (Å²) in [5.41, 5.74) is 3.25. The van der Waals surface area contributed by atoms with E-state index in [-0.39, 0.29) is 17.6 Å². The number of benzene rings is 3. The van der Waals surface area contributed by atoms with Gasteiger partial charge in [0.1, 0.15) is 0 Å². The zero-order valence-corrected chi connectivity index (χ0v) is 21.2. The Hall–Kier alpha value is -4.46. The molecule has 0 spiro atoms. The molecule has 0 unspecified atom stereocenters. The first kappa shape index (κ1) is 23.9. The van der Waals surface area contributed by atoms with Crippen LogP contribution in [0.2, 0.25) is 0 Å². The highest BCUT2D eigenvalue weighted by Crippen LogP contribution is 2.38. The van der Waals surface area contributed by atoms with Crippen molar-refractivity contribution in [2.75, 3.05) is 20.3 Å². The Morgan fingerprint density at radius 2 is 1.82 bits per heavy atom. The zero-order valence-electron chi connectivity index (χ0n) is 21.2. The molecule has 1 fully saturated rings. The maximum absolute atomic E-state index is 13.1. The molecule has 2 aliphatic rings. The number of ether oxygens (including phenoxy) is 2. The Labute approximate surface area is 220 Å². The number of nitrogens with zero attached hydrogens (tertiary/aromatic N) is 4. The summed E-state index contributed by atoms with van der Waals surface area (Å²) in [6, 6.07) is 21.1. The molecular formula is C30H28N4O4. The van der Waals surface area contributed by atoms with Crippen LogP contribution < -0.4 is 15.2 Å². The minimum atomic E-state index is -0.293. The molecule has 8 heteroatoms. The van der Waals surface area contributed by atoms with E-state index in [1.165, 1.54) is 0 Å². The maximum atomic E-state index is 13.1. The number of amides is 1. The Morgan fingerprint density at radius 1 is 1.00 bits per heavy atom. The van der Waals surface area contributed by atoms with Gasteiger partial charge in [-0.15, -0.1) is 0 Å². The molecule has 4 aromatic rings. The van der Waals surface area contributed by atoms with Crippen molar-refractivity contribution in [3.63, 3.8) is 0 Å². The molecule has 0 bridgehead atoms. The predicted molar refractivity (Wildman–Crippen MR) is 147 cm³/mol. The summed E-state index contributed by atoms with van der Waals surface area (Å²) in [6.07, 6.45) is 4.35. The van der Waals surface area contributed by atoms with Gasteiger partial charge >= 0.3 is 5.69 Å². The van der Waals surface area contributed by atoms with E-state index < -0.39 is 0 Å². The molecular weight excluding hydrogens is 480 g/mol. The molecule has 192 valence electrons. The number of carbonyl (C=O) groups excluding carboxylic acids is 1. The van der Waals surface area contributed by atoms with Crippen LogP contribution in [0.15, 0.2) is 76.5 Å². The molecule has 6 rings (SSSR count). The second-order valence-corrected chi connectivity index (χ2v) is 9.49. The summed E-state index contributed by atoms with van der Waals surface area (Å²) < 4.78 is 13.3. The topological polar surface area (TPSA) is 86.0 Å². The van der Waals surface area contributed by atoms with E-state index in [9.17, 15) is 9.59 Å². The van der Waals surface area contributed by atoms with Crippen molar-refractivity contribution in [2.24, 2.45) is 4.99 Å². The first-order valence-electron chi connectivity index (χ1n) is 12.9. The van der Waals surface area contributed by atoms with Crippen LogP contribution in [0.1, 0.15) is 29.6 Å². The van der Waals surface area contributed by atoms with Crippen LogP contribution in [0.25, 0.3) is 22.2 Å². The minimum absolute atomic E-state index is 0.0254. The number of fused-ring (bicyclic) bond motifs is 3. The van der Waals surface area contributed by atoms with Crippen molar-refractivity contribution in [3.8, 4) is 22.8 Å². The first-order chi connectivity index (χ1) is 18.6. The van der Waals surface area contributed by atoms with Gasteiger partial charge in [0, 0.05) is 36.3 Å². The average molecular weight is 509 g/mol. The number of aromatic nitrogens is 2. The second-order valence-electron chi connectivity index (χ2n) is 9.49. The Kier molecular flexibility index (Phi) is 6.37. The summed E-state index contributed by atoms with van der Waals surface area (Å²) in [6.45, 7) is 1.54. The van der Waals surface area contributed by atoms with Crippen LogP contribution in [0.5, 0.6) is 11.5 Å². The van der Waals surface area contributed by atoms with Gasteiger partial charge in [-0.3, -0.25) is 14.4 Å². The molecule has 3 aromatic carbocycles. The fraction of sp³-hybridized carbons (Fsp3) is 0.267. The third-order valence-corrected chi connectivity index (χ3v) is 7.18. The van der Waals surface area contributed by atoms with E-state index in [1.807, 2.05) is 65.7 Å². The fourth-order valence-electron chi connectivity index (χ4n) is 5.29. The van der Waals surface area contributed by atoms with Crippen molar-refractivity contribution >= 4 is 28.7 Å². The van der Waals surface area contributed by atoms with Crippen molar-refractivity contribution in [1.29, 1.82) is 0 Å². The molecule has 0 radical (unpaired) electrons. The summed E-state index contributed by atoms with van der Waals surface area (Å²) in [5.74, 6) is 0.983. The quantitative estimate of drug-likeness (QED) is 0.333. The van der Waals surface area contributed by atoms with E-state index in [0.717, 1.165) is 35.9 Å².